The number of benzene rings is 2. The molecule has 0 saturated carbocycles. The summed E-state index contributed by atoms with van der Waals surface area (Å²) in [7, 11) is 0. The zero-order valence-electron chi connectivity index (χ0n) is 12.5. The third-order valence-electron chi connectivity index (χ3n) is 3.54. The zero-order valence-corrected chi connectivity index (χ0v) is 14.1. The Morgan fingerprint density at radius 2 is 1.71 bits per heavy atom. The van der Waals surface area contributed by atoms with Crippen LogP contribution in [0.3, 0.4) is 0 Å². The molecule has 0 aromatic heterocycles. The first-order valence-electron chi connectivity index (χ1n) is 7.42. The molecule has 1 N–H and O–H groups in total. The number of hydrogen-bond donors (Lipinski definition) is 1. The molecule has 2 rings (SSSR count). The Morgan fingerprint density at radius 3 is 2.29 bits per heavy atom. The highest BCUT2D eigenvalue weighted by molar-refractivity contribution is 9.10. The maximum Gasteiger partial charge on any atom is 0.137 e. The van der Waals surface area contributed by atoms with Gasteiger partial charge >= 0.3 is 0 Å². The molecule has 2 aromatic carbocycles. The normalized spacial score (nSPS) is 12.4. The molecule has 0 fully saturated rings. The summed E-state index contributed by atoms with van der Waals surface area (Å²) in [6.07, 6.45) is 2.26. The number of aryl methyl sites for hydroxylation is 1. The van der Waals surface area contributed by atoms with Crippen molar-refractivity contribution in [2.45, 2.75) is 32.7 Å². The lowest BCUT2D eigenvalue weighted by Gasteiger charge is -2.20. The van der Waals surface area contributed by atoms with Crippen LogP contribution in [0.5, 0.6) is 0 Å². The van der Waals surface area contributed by atoms with Crippen molar-refractivity contribution < 1.29 is 4.39 Å². The van der Waals surface area contributed by atoms with Crippen LogP contribution in [0.25, 0.3) is 0 Å². The van der Waals surface area contributed by atoms with Crippen molar-refractivity contribution in [3.05, 3.63) is 69.4 Å². The predicted molar refractivity (Wildman–Crippen MR) is 90.1 cm³/mol. The van der Waals surface area contributed by atoms with Gasteiger partial charge in [0.1, 0.15) is 5.82 Å². The van der Waals surface area contributed by atoms with E-state index >= 15 is 0 Å². The fraction of sp³-hybridized carbons (Fsp3) is 0.333. The van der Waals surface area contributed by atoms with Gasteiger partial charge in [0.25, 0.3) is 0 Å². The lowest BCUT2D eigenvalue weighted by molar-refractivity contribution is 0.608. The molecule has 0 aliphatic rings. The van der Waals surface area contributed by atoms with E-state index in [1.165, 1.54) is 17.2 Å². The molecule has 0 spiro atoms. The highest BCUT2D eigenvalue weighted by Crippen LogP contribution is 2.26. The van der Waals surface area contributed by atoms with Gasteiger partial charge in [0.15, 0.2) is 0 Å². The standard InChI is InChI=1S/C18H21BrFN/c1-3-5-13-6-8-14(9-7-13)18(21-4-2)15-10-11-17(20)16(19)12-15/h6-12,18,21H,3-5H2,1-2H3. The summed E-state index contributed by atoms with van der Waals surface area (Å²) < 4.78 is 13.9. The van der Waals surface area contributed by atoms with Crippen LogP contribution in [0.4, 0.5) is 4.39 Å². The van der Waals surface area contributed by atoms with Crippen LogP contribution in [0.2, 0.25) is 0 Å². The Labute approximate surface area is 134 Å². The minimum atomic E-state index is -0.229. The van der Waals surface area contributed by atoms with Gasteiger partial charge in [-0.2, -0.15) is 0 Å². The van der Waals surface area contributed by atoms with Crippen LogP contribution in [-0.2, 0) is 6.42 Å². The third kappa shape index (κ3) is 4.14. The first kappa shape index (κ1) is 16.2. The van der Waals surface area contributed by atoms with Crippen molar-refractivity contribution in [2.75, 3.05) is 6.54 Å². The second-order valence-electron chi connectivity index (χ2n) is 5.16. The Morgan fingerprint density at radius 1 is 1.05 bits per heavy atom. The van der Waals surface area contributed by atoms with Crippen LogP contribution >= 0.6 is 15.9 Å². The van der Waals surface area contributed by atoms with Crippen LogP contribution in [0.15, 0.2) is 46.9 Å². The van der Waals surface area contributed by atoms with E-state index in [-0.39, 0.29) is 11.9 Å². The molecule has 1 unspecified atom stereocenters. The molecule has 0 aliphatic carbocycles. The summed E-state index contributed by atoms with van der Waals surface area (Å²) in [6.45, 7) is 5.12. The molecule has 0 radical (unpaired) electrons. The molecular weight excluding hydrogens is 329 g/mol. The Kier molecular flexibility index (Phi) is 5.95. The summed E-state index contributed by atoms with van der Waals surface area (Å²) in [6, 6.07) is 14.0. The van der Waals surface area contributed by atoms with Crippen LogP contribution < -0.4 is 5.32 Å². The van der Waals surface area contributed by atoms with E-state index in [0.717, 1.165) is 24.9 Å². The average molecular weight is 350 g/mol. The monoisotopic (exact) mass is 349 g/mol. The topological polar surface area (TPSA) is 12.0 Å². The van der Waals surface area contributed by atoms with E-state index in [0.29, 0.717) is 4.47 Å². The number of halogens is 2. The van der Waals surface area contributed by atoms with Gasteiger partial charge in [-0.05, 0) is 57.7 Å². The maximum atomic E-state index is 13.4. The van der Waals surface area contributed by atoms with Crippen LogP contribution in [0.1, 0.15) is 43.0 Å². The smallest absolute Gasteiger partial charge is 0.137 e. The summed E-state index contributed by atoms with van der Waals surface area (Å²) >= 11 is 3.27. The van der Waals surface area contributed by atoms with Gasteiger partial charge in [0, 0.05) is 0 Å². The molecule has 3 heteroatoms. The second kappa shape index (κ2) is 7.71. The summed E-state index contributed by atoms with van der Waals surface area (Å²) in [4.78, 5) is 0. The Hall–Kier alpha value is -1.19. The molecule has 0 bridgehead atoms. The predicted octanol–water partition coefficient (Wildman–Crippen LogP) is 5.24. The van der Waals surface area contributed by atoms with Gasteiger partial charge < -0.3 is 5.32 Å². The van der Waals surface area contributed by atoms with Gasteiger partial charge in [0.05, 0.1) is 10.5 Å². The quantitative estimate of drug-likeness (QED) is 0.751. The average Bonchev–Trinajstić information content (AvgIpc) is 2.49. The first-order valence-corrected chi connectivity index (χ1v) is 8.22. The van der Waals surface area contributed by atoms with E-state index < -0.39 is 0 Å². The highest BCUT2D eigenvalue weighted by atomic mass is 79.9. The van der Waals surface area contributed by atoms with E-state index in [1.807, 2.05) is 12.1 Å². The van der Waals surface area contributed by atoms with Crippen molar-refractivity contribution in [1.29, 1.82) is 0 Å². The molecule has 0 heterocycles. The summed E-state index contributed by atoms with van der Waals surface area (Å²) in [5, 5.41) is 3.47. The second-order valence-corrected chi connectivity index (χ2v) is 6.01. The molecule has 21 heavy (non-hydrogen) atoms. The van der Waals surface area contributed by atoms with E-state index in [9.17, 15) is 4.39 Å². The van der Waals surface area contributed by atoms with Gasteiger partial charge in [-0.3, -0.25) is 0 Å². The van der Waals surface area contributed by atoms with Gasteiger partial charge in [-0.25, -0.2) is 4.39 Å². The molecule has 112 valence electrons. The van der Waals surface area contributed by atoms with E-state index in [2.05, 4.69) is 59.4 Å². The summed E-state index contributed by atoms with van der Waals surface area (Å²) in [5.41, 5.74) is 3.63. The Balaban J connectivity index is 2.31. The van der Waals surface area contributed by atoms with Crippen molar-refractivity contribution >= 4 is 15.9 Å². The lowest BCUT2D eigenvalue weighted by Crippen LogP contribution is -2.22. The molecule has 0 amide bonds. The zero-order chi connectivity index (χ0) is 15.2. The largest absolute Gasteiger partial charge is 0.307 e. The molecule has 1 nitrogen and oxygen atoms in total. The highest BCUT2D eigenvalue weighted by Gasteiger charge is 2.14. The van der Waals surface area contributed by atoms with Crippen molar-refractivity contribution in [1.82, 2.24) is 5.32 Å². The first-order chi connectivity index (χ1) is 10.2. The van der Waals surface area contributed by atoms with Gasteiger partial charge in [-0.15, -0.1) is 0 Å². The fourth-order valence-electron chi connectivity index (χ4n) is 2.49. The van der Waals surface area contributed by atoms with Crippen LogP contribution in [0, 0.1) is 5.82 Å². The van der Waals surface area contributed by atoms with E-state index in [4.69, 9.17) is 0 Å². The fourth-order valence-corrected chi connectivity index (χ4v) is 2.89. The molecular formula is C18H21BrFN. The lowest BCUT2D eigenvalue weighted by atomic mass is 9.97. The maximum absolute atomic E-state index is 13.4. The number of nitrogens with one attached hydrogen (secondary N) is 1. The molecule has 2 aromatic rings. The SMILES string of the molecule is CCCc1ccc(C(NCC)c2ccc(F)c(Br)c2)cc1. The molecule has 0 saturated heterocycles. The van der Waals surface area contributed by atoms with Crippen molar-refractivity contribution in [2.24, 2.45) is 0 Å². The third-order valence-corrected chi connectivity index (χ3v) is 4.14. The number of hydrogen-bond acceptors (Lipinski definition) is 1. The Bertz CT molecular complexity index is 580. The van der Waals surface area contributed by atoms with Crippen LogP contribution in [-0.4, -0.2) is 6.54 Å². The minimum absolute atomic E-state index is 0.0857. The number of rotatable bonds is 6. The van der Waals surface area contributed by atoms with Crippen molar-refractivity contribution in [3.8, 4) is 0 Å². The molecule has 1 atom stereocenters. The summed E-state index contributed by atoms with van der Waals surface area (Å²) in [5.74, 6) is -0.229. The van der Waals surface area contributed by atoms with Gasteiger partial charge in [-0.1, -0.05) is 50.6 Å². The van der Waals surface area contributed by atoms with Crippen molar-refractivity contribution in [3.63, 3.8) is 0 Å². The molecule has 0 aliphatic heterocycles. The van der Waals surface area contributed by atoms with E-state index in [1.54, 1.807) is 0 Å². The minimum Gasteiger partial charge on any atom is -0.307 e. The van der Waals surface area contributed by atoms with Gasteiger partial charge in [0.2, 0.25) is 0 Å².